The highest BCUT2D eigenvalue weighted by molar-refractivity contribution is 8.01. The summed E-state index contributed by atoms with van der Waals surface area (Å²) in [5, 5.41) is 1.32. The number of aliphatic imine (C=N–C) groups is 1. The van der Waals surface area contributed by atoms with Crippen LogP contribution in [0.15, 0.2) is 4.99 Å². The lowest BCUT2D eigenvalue weighted by molar-refractivity contribution is 0.719. The summed E-state index contributed by atoms with van der Waals surface area (Å²) in [4.78, 5) is 4.54. The number of rotatable bonds is 0. The van der Waals surface area contributed by atoms with Gasteiger partial charge in [0.05, 0.1) is 6.04 Å². The molecule has 0 amide bonds. The predicted octanol–water partition coefficient (Wildman–Crippen LogP) is 2.36. The minimum Gasteiger partial charge on any atom is -0.289 e. The zero-order valence-electron chi connectivity index (χ0n) is 7.09. The average molecular weight is 157 g/mol. The SMILES string of the molecule is CC1=NC(C)C(C)SC1C. The van der Waals surface area contributed by atoms with Gasteiger partial charge in [-0.15, -0.1) is 11.8 Å². The van der Waals surface area contributed by atoms with Gasteiger partial charge in [-0.1, -0.05) is 6.92 Å². The van der Waals surface area contributed by atoms with Crippen molar-refractivity contribution in [1.82, 2.24) is 0 Å². The van der Waals surface area contributed by atoms with Gasteiger partial charge in [-0.2, -0.15) is 0 Å². The minimum absolute atomic E-state index is 0.515. The standard InChI is InChI=1S/C8H15NS/c1-5-7(3)10-8(4)6(2)9-5/h5,7-8H,1-4H3. The lowest BCUT2D eigenvalue weighted by atomic mass is 10.2. The predicted molar refractivity (Wildman–Crippen MR) is 49.1 cm³/mol. The Balaban J connectivity index is 2.69. The summed E-state index contributed by atoms with van der Waals surface area (Å²) in [5.74, 6) is 0. The summed E-state index contributed by atoms with van der Waals surface area (Å²) < 4.78 is 0. The topological polar surface area (TPSA) is 12.4 Å². The quantitative estimate of drug-likeness (QED) is 0.526. The van der Waals surface area contributed by atoms with E-state index in [0.717, 1.165) is 0 Å². The van der Waals surface area contributed by atoms with E-state index in [4.69, 9.17) is 0 Å². The molecule has 0 bridgehead atoms. The van der Waals surface area contributed by atoms with E-state index in [1.807, 2.05) is 11.8 Å². The molecule has 0 saturated heterocycles. The molecule has 1 aliphatic heterocycles. The number of hydrogen-bond acceptors (Lipinski definition) is 2. The van der Waals surface area contributed by atoms with Crippen molar-refractivity contribution in [3.05, 3.63) is 0 Å². The van der Waals surface area contributed by atoms with Crippen LogP contribution in [0.1, 0.15) is 27.7 Å². The molecular weight excluding hydrogens is 142 g/mol. The van der Waals surface area contributed by atoms with Crippen LogP contribution in [0, 0.1) is 0 Å². The third kappa shape index (κ3) is 1.54. The fraction of sp³-hybridized carbons (Fsp3) is 0.875. The first-order chi connectivity index (χ1) is 4.61. The van der Waals surface area contributed by atoms with Crippen LogP contribution in [-0.2, 0) is 0 Å². The van der Waals surface area contributed by atoms with Crippen molar-refractivity contribution in [1.29, 1.82) is 0 Å². The summed E-state index contributed by atoms with van der Waals surface area (Å²) in [7, 11) is 0. The molecule has 0 spiro atoms. The van der Waals surface area contributed by atoms with Gasteiger partial charge in [-0.3, -0.25) is 4.99 Å². The maximum Gasteiger partial charge on any atom is 0.0587 e. The van der Waals surface area contributed by atoms with E-state index in [9.17, 15) is 0 Å². The van der Waals surface area contributed by atoms with Gasteiger partial charge < -0.3 is 0 Å². The molecule has 0 radical (unpaired) electrons. The third-order valence-corrected chi connectivity index (χ3v) is 3.67. The van der Waals surface area contributed by atoms with E-state index in [1.54, 1.807) is 0 Å². The van der Waals surface area contributed by atoms with Crippen LogP contribution >= 0.6 is 11.8 Å². The summed E-state index contributed by atoms with van der Waals surface area (Å²) in [5.41, 5.74) is 1.30. The van der Waals surface area contributed by atoms with Crippen LogP contribution in [0.4, 0.5) is 0 Å². The molecule has 10 heavy (non-hydrogen) atoms. The first-order valence-electron chi connectivity index (χ1n) is 3.81. The first kappa shape index (κ1) is 8.12. The molecule has 58 valence electrons. The van der Waals surface area contributed by atoms with E-state index in [-0.39, 0.29) is 0 Å². The Kier molecular flexibility index (Phi) is 2.40. The minimum atomic E-state index is 0.515. The molecule has 1 aliphatic rings. The Hall–Kier alpha value is 0.0200. The van der Waals surface area contributed by atoms with E-state index in [0.29, 0.717) is 16.5 Å². The van der Waals surface area contributed by atoms with Crippen molar-refractivity contribution < 1.29 is 0 Å². The van der Waals surface area contributed by atoms with Crippen molar-refractivity contribution in [2.24, 2.45) is 4.99 Å². The molecule has 1 rings (SSSR count). The highest BCUT2D eigenvalue weighted by atomic mass is 32.2. The number of hydrogen-bond donors (Lipinski definition) is 0. The molecule has 0 aromatic carbocycles. The molecule has 1 heterocycles. The van der Waals surface area contributed by atoms with Crippen LogP contribution in [0.2, 0.25) is 0 Å². The molecule has 0 saturated carbocycles. The van der Waals surface area contributed by atoms with E-state index < -0.39 is 0 Å². The zero-order valence-corrected chi connectivity index (χ0v) is 7.90. The van der Waals surface area contributed by atoms with Gasteiger partial charge in [0, 0.05) is 16.2 Å². The molecule has 0 fully saturated rings. The second-order valence-electron chi connectivity index (χ2n) is 2.99. The summed E-state index contributed by atoms with van der Waals surface area (Å²) >= 11 is 2.03. The average Bonchev–Trinajstić information content (AvgIpc) is 1.84. The van der Waals surface area contributed by atoms with Crippen LogP contribution in [0.5, 0.6) is 0 Å². The Bertz CT molecular complexity index is 153. The molecule has 3 unspecified atom stereocenters. The van der Waals surface area contributed by atoms with Crippen molar-refractivity contribution in [3.63, 3.8) is 0 Å². The van der Waals surface area contributed by atoms with E-state index in [2.05, 4.69) is 32.7 Å². The lowest BCUT2D eigenvalue weighted by Gasteiger charge is -2.26. The normalized spacial score (nSPS) is 41.2. The van der Waals surface area contributed by atoms with Crippen molar-refractivity contribution in [2.75, 3.05) is 0 Å². The van der Waals surface area contributed by atoms with Gasteiger partial charge in [0.1, 0.15) is 0 Å². The van der Waals surface area contributed by atoms with Crippen LogP contribution in [-0.4, -0.2) is 22.3 Å². The maximum absolute atomic E-state index is 4.54. The summed E-state index contributed by atoms with van der Waals surface area (Å²) in [6.45, 7) is 8.79. The second-order valence-corrected chi connectivity index (χ2v) is 4.72. The Morgan fingerprint density at radius 2 is 1.90 bits per heavy atom. The van der Waals surface area contributed by atoms with Gasteiger partial charge in [0.15, 0.2) is 0 Å². The van der Waals surface area contributed by atoms with Crippen LogP contribution < -0.4 is 0 Å². The molecule has 0 aliphatic carbocycles. The van der Waals surface area contributed by atoms with Crippen LogP contribution in [0.3, 0.4) is 0 Å². The van der Waals surface area contributed by atoms with E-state index in [1.165, 1.54) is 5.71 Å². The van der Waals surface area contributed by atoms with E-state index >= 15 is 0 Å². The van der Waals surface area contributed by atoms with Gasteiger partial charge in [-0.05, 0) is 20.8 Å². The fourth-order valence-electron chi connectivity index (χ4n) is 1.07. The molecule has 1 nitrogen and oxygen atoms in total. The second kappa shape index (κ2) is 2.95. The van der Waals surface area contributed by atoms with Crippen molar-refractivity contribution >= 4 is 17.5 Å². The highest BCUT2D eigenvalue weighted by Gasteiger charge is 2.21. The number of thioether (sulfide) groups is 1. The van der Waals surface area contributed by atoms with Gasteiger partial charge in [0.2, 0.25) is 0 Å². The lowest BCUT2D eigenvalue weighted by Crippen LogP contribution is -2.28. The number of nitrogens with zero attached hydrogens (tertiary/aromatic N) is 1. The Labute approximate surface area is 67.3 Å². The molecule has 0 aromatic heterocycles. The Morgan fingerprint density at radius 3 is 2.40 bits per heavy atom. The van der Waals surface area contributed by atoms with Crippen LogP contribution in [0.25, 0.3) is 0 Å². The molecular formula is C8H15NS. The van der Waals surface area contributed by atoms with Crippen molar-refractivity contribution in [3.8, 4) is 0 Å². The summed E-state index contributed by atoms with van der Waals surface area (Å²) in [6.07, 6.45) is 0. The molecule has 0 aromatic rings. The molecule has 3 atom stereocenters. The third-order valence-electron chi connectivity index (χ3n) is 2.09. The first-order valence-corrected chi connectivity index (χ1v) is 4.75. The fourth-order valence-corrected chi connectivity index (χ4v) is 2.26. The summed E-state index contributed by atoms with van der Waals surface area (Å²) in [6, 6.07) is 0.515. The zero-order chi connectivity index (χ0) is 7.72. The maximum atomic E-state index is 4.54. The van der Waals surface area contributed by atoms with Gasteiger partial charge >= 0.3 is 0 Å². The smallest absolute Gasteiger partial charge is 0.0587 e. The Morgan fingerprint density at radius 1 is 1.30 bits per heavy atom. The monoisotopic (exact) mass is 157 g/mol. The van der Waals surface area contributed by atoms with Gasteiger partial charge in [-0.25, -0.2) is 0 Å². The molecule has 0 N–H and O–H groups in total. The highest BCUT2D eigenvalue weighted by Crippen LogP contribution is 2.27. The van der Waals surface area contributed by atoms with Gasteiger partial charge in [0.25, 0.3) is 0 Å². The van der Waals surface area contributed by atoms with Crippen molar-refractivity contribution in [2.45, 2.75) is 44.2 Å². The largest absolute Gasteiger partial charge is 0.289 e. The molecule has 2 heteroatoms.